The van der Waals surface area contributed by atoms with Crippen LogP contribution in [0.1, 0.15) is 36.8 Å². The number of ether oxygens (including phenoxy) is 1. The van der Waals surface area contributed by atoms with Gasteiger partial charge in [0.1, 0.15) is 0 Å². The largest absolute Gasteiger partial charge is 0.458 e. The highest BCUT2D eigenvalue weighted by molar-refractivity contribution is 5.86. The predicted octanol–water partition coefficient (Wildman–Crippen LogP) is 3.61. The van der Waals surface area contributed by atoms with Crippen LogP contribution in [0, 0.1) is 5.41 Å². The van der Waals surface area contributed by atoms with Crippen LogP contribution in [0.25, 0.3) is 0 Å². The molecule has 0 atom stereocenters. The van der Waals surface area contributed by atoms with Gasteiger partial charge in [0, 0.05) is 52.1 Å². The third-order valence-corrected chi connectivity index (χ3v) is 7.07. The van der Waals surface area contributed by atoms with Crippen LogP contribution in [0.5, 0.6) is 0 Å². The lowest BCUT2D eigenvalue weighted by Crippen LogP contribution is -2.59. The van der Waals surface area contributed by atoms with E-state index in [1.807, 2.05) is 0 Å². The van der Waals surface area contributed by atoms with Gasteiger partial charge in [0.25, 0.3) is 0 Å². The first kappa shape index (κ1) is 19.7. The van der Waals surface area contributed by atoms with Crippen LogP contribution in [-0.4, -0.2) is 53.1 Å². The Labute approximate surface area is 179 Å². The quantitative estimate of drug-likeness (QED) is 0.817. The van der Waals surface area contributed by atoms with Crippen LogP contribution in [0.4, 0.5) is 0 Å². The number of benzene rings is 2. The van der Waals surface area contributed by atoms with Gasteiger partial charge >= 0.3 is 0 Å². The van der Waals surface area contributed by atoms with Gasteiger partial charge in [-0.15, -0.1) is 0 Å². The Balaban J connectivity index is 1.16. The van der Waals surface area contributed by atoms with Gasteiger partial charge in [-0.2, -0.15) is 0 Å². The van der Waals surface area contributed by atoms with E-state index in [1.165, 1.54) is 11.1 Å². The van der Waals surface area contributed by atoms with Crippen molar-refractivity contribution in [3.8, 4) is 0 Å². The highest BCUT2D eigenvalue weighted by Gasteiger charge is 2.55. The maximum Gasteiger partial charge on any atom is 0.203 e. The molecule has 0 radical (unpaired) electrons. The molecule has 30 heavy (non-hydrogen) atoms. The molecule has 3 fully saturated rings. The minimum absolute atomic E-state index is 0.269. The van der Waals surface area contributed by atoms with Gasteiger partial charge in [-0.25, -0.2) is 0 Å². The minimum Gasteiger partial charge on any atom is -0.458 e. The van der Waals surface area contributed by atoms with Crippen molar-refractivity contribution in [1.82, 2.24) is 15.1 Å². The number of likely N-dealkylation sites (tertiary alicyclic amines) is 2. The van der Waals surface area contributed by atoms with Crippen LogP contribution >= 0.6 is 0 Å². The zero-order chi connectivity index (χ0) is 20.4. The van der Waals surface area contributed by atoms with E-state index < -0.39 is 0 Å². The normalized spacial score (nSPS) is 23.7. The van der Waals surface area contributed by atoms with E-state index in [0.717, 1.165) is 65.0 Å². The fraction of sp³-hybridized carbons (Fsp3) is 0.480. The second-order valence-electron chi connectivity index (χ2n) is 9.16. The van der Waals surface area contributed by atoms with Gasteiger partial charge < -0.3 is 4.74 Å². The summed E-state index contributed by atoms with van der Waals surface area (Å²) in [6.07, 6.45) is 3.79. The van der Waals surface area contributed by atoms with Crippen LogP contribution in [-0.2, 0) is 17.8 Å². The molecular weight excluding hydrogens is 372 g/mol. The lowest BCUT2D eigenvalue weighted by Gasteiger charge is -2.41. The van der Waals surface area contributed by atoms with Crippen molar-refractivity contribution in [2.45, 2.75) is 50.0 Å². The van der Waals surface area contributed by atoms with E-state index in [1.54, 1.807) is 0 Å². The third kappa shape index (κ3) is 4.02. The average Bonchev–Trinajstić information content (AvgIpc) is 3.04. The predicted molar refractivity (Wildman–Crippen MR) is 119 cm³/mol. The standard InChI is InChI=1S/C25H32N4O/c26-23-24(11-15-28(16-12-24)19-21-7-3-1-4-8-21)27-25(30-23)13-17-29(18-14-25)20-22-9-5-2-6-10-22/h1-10,26-27H,11-20H2. The Hall–Kier alpha value is -2.21. The van der Waals surface area contributed by atoms with Crippen LogP contribution in [0.15, 0.2) is 60.7 Å². The summed E-state index contributed by atoms with van der Waals surface area (Å²) in [4.78, 5) is 5.01. The van der Waals surface area contributed by atoms with Gasteiger partial charge in [-0.1, -0.05) is 60.7 Å². The summed E-state index contributed by atoms with van der Waals surface area (Å²) in [6.45, 7) is 6.00. The second kappa shape index (κ2) is 8.14. The molecule has 5 rings (SSSR count). The van der Waals surface area contributed by atoms with Crippen molar-refractivity contribution in [2.75, 3.05) is 26.2 Å². The Morgan fingerprint density at radius 2 is 1.20 bits per heavy atom. The van der Waals surface area contributed by atoms with Gasteiger partial charge in [0.2, 0.25) is 5.90 Å². The maximum atomic E-state index is 8.65. The first-order chi connectivity index (χ1) is 14.6. The number of nitrogens with zero attached hydrogens (tertiary/aromatic N) is 2. The smallest absolute Gasteiger partial charge is 0.203 e. The highest BCUT2D eigenvalue weighted by Crippen LogP contribution is 2.39. The van der Waals surface area contributed by atoms with Gasteiger partial charge in [0.05, 0.1) is 5.54 Å². The Morgan fingerprint density at radius 3 is 1.70 bits per heavy atom. The number of hydrogen-bond acceptors (Lipinski definition) is 5. The number of nitrogens with one attached hydrogen (secondary N) is 2. The molecule has 2 N–H and O–H groups in total. The van der Waals surface area contributed by atoms with Crippen molar-refractivity contribution >= 4 is 5.90 Å². The lowest BCUT2D eigenvalue weighted by molar-refractivity contribution is -0.0186. The zero-order valence-electron chi connectivity index (χ0n) is 17.6. The summed E-state index contributed by atoms with van der Waals surface area (Å²) in [5.41, 5.74) is 2.12. The molecule has 5 heteroatoms. The Bertz CT molecular complexity index is 853. The summed E-state index contributed by atoms with van der Waals surface area (Å²) in [5, 5.41) is 12.5. The molecule has 0 amide bonds. The molecule has 2 aromatic carbocycles. The maximum absolute atomic E-state index is 8.65. The monoisotopic (exact) mass is 404 g/mol. The topological polar surface area (TPSA) is 51.6 Å². The lowest BCUT2D eigenvalue weighted by atomic mass is 9.86. The van der Waals surface area contributed by atoms with E-state index in [-0.39, 0.29) is 11.3 Å². The molecule has 3 saturated heterocycles. The van der Waals surface area contributed by atoms with E-state index in [4.69, 9.17) is 10.1 Å². The van der Waals surface area contributed by atoms with Gasteiger partial charge in [-0.3, -0.25) is 20.5 Å². The van der Waals surface area contributed by atoms with Crippen LogP contribution in [0.2, 0.25) is 0 Å². The number of piperidine rings is 2. The van der Waals surface area contributed by atoms with Crippen molar-refractivity contribution in [1.29, 1.82) is 5.41 Å². The molecule has 2 spiro atoms. The summed E-state index contributed by atoms with van der Waals surface area (Å²) < 4.78 is 6.26. The molecule has 0 aliphatic carbocycles. The van der Waals surface area contributed by atoms with Crippen LogP contribution < -0.4 is 5.32 Å². The molecule has 3 aliphatic rings. The van der Waals surface area contributed by atoms with Gasteiger partial charge in [0.15, 0.2) is 5.72 Å². The zero-order valence-corrected chi connectivity index (χ0v) is 17.6. The number of rotatable bonds is 4. The van der Waals surface area contributed by atoms with Gasteiger partial charge in [-0.05, 0) is 24.0 Å². The highest BCUT2D eigenvalue weighted by atomic mass is 16.5. The molecule has 2 aromatic rings. The van der Waals surface area contributed by atoms with E-state index in [9.17, 15) is 0 Å². The molecular formula is C25H32N4O. The van der Waals surface area contributed by atoms with Crippen LogP contribution in [0.3, 0.4) is 0 Å². The molecule has 5 nitrogen and oxygen atoms in total. The van der Waals surface area contributed by atoms with E-state index >= 15 is 0 Å². The SMILES string of the molecule is N=C1OC2(CCN(Cc3ccccc3)CC2)NC12CCN(Cc1ccccc1)CC2. The van der Waals surface area contributed by atoms with Crippen molar-refractivity contribution in [3.63, 3.8) is 0 Å². The Kier molecular flexibility index (Phi) is 5.35. The molecule has 3 heterocycles. The summed E-state index contributed by atoms with van der Waals surface area (Å²) in [5.74, 6) is 0.471. The van der Waals surface area contributed by atoms with Crippen molar-refractivity contribution in [3.05, 3.63) is 71.8 Å². The number of hydrogen-bond donors (Lipinski definition) is 2. The molecule has 0 unspecified atom stereocenters. The van der Waals surface area contributed by atoms with E-state index in [0.29, 0.717) is 5.90 Å². The molecule has 0 saturated carbocycles. The van der Waals surface area contributed by atoms with Crippen molar-refractivity contribution < 1.29 is 4.74 Å². The fourth-order valence-corrected chi connectivity index (χ4v) is 5.24. The fourth-order valence-electron chi connectivity index (χ4n) is 5.24. The molecule has 158 valence electrons. The molecule has 3 aliphatic heterocycles. The van der Waals surface area contributed by atoms with Crippen molar-refractivity contribution in [2.24, 2.45) is 0 Å². The summed E-state index contributed by atoms with van der Waals surface area (Å²) in [7, 11) is 0. The second-order valence-corrected chi connectivity index (χ2v) is 9.16. The molecule has 0 bridgehead atoms. The minimum atomic E-state index is -0.341. The average molecular weight is 405 g/mol. The summed E-state index contributed by atoms with van der Waals surface area (Å²) >= 11 is 0. The molecule has 0 aromatic heterocycles. The first-order valence-corrected chi connectivity index (χ1v) is 11.2. The van der Waals surface area contributed by atoms with E-state index in [2.05, 4.69) is 75.8 Å². The Morgan fingerprint density at radius 1 is 0.733 bits per heavy atom. The summed E-state index contributed by atoms with van der Waals surface area (Å²) in [6, 6.07) is 21.4. The third-order valence-electron chi connectivity index (χ3n) is 7.07. The first-order valence-electron chi connectivity index (χ1n) is 11.2.